The smallest absolute Gasteiger partial charge is 0.331 e. The minimum absolute atomic E-state index is 0.0116. The number of nitrogens with zero attached hydrogens (tertiary/aromatic N) is 1. The number of fused-ring (bicyclic) bond motifs is 14. The van der Waals surface area contributed by atoms with E-state index in [-0.39, 0.29) is 120 Å². The van der Waals surface area contributed by atoms with Crippen molar-refractivity contribution in [1.82, 2.24) is 10.6 Å². The summed E-state index contributed by atoms with van der Waals surface area (Å²) in [7, 11) is 5.61. The van der Waals surface area contributed by atoms with Gasteiger partial charge in [0.2, 0.25) is 6.08 Å². The molecule has 11 aliphatic rings. The molecule has 0 bridgehead atoms. The van der Waals surface area contributed by atoms with Crippen molar-refractivity contribution in [2.24, 2.45) is 111 Å². The van der Waals surface area contributed by atoms with Crippen LogP contribution in [-0.4, -0.2) is 113 Å². The molecule has 13 rings (SSSR count). The van der Waals surface area contributed by atoms with Crippen LogP contribution < -0.4 is 16.4 Å². The molecule has 2 aromatic carbocycles. The van der Waals surface area contributed by atoms with E-state index in [0.29, 0.717) is 24.5 Å². The zero-order chi connectivity index (χ0) is 76.9. The zero-order valence-electron chi connectivity index (χ0n) is 67.0. The number of urea groups is 1. The van der Waals surface area contributed by atoms with Gasteiger partial charge in [0.15, 0.2) is 17.6 Å². The Labute approximate surface area is 627 Å². The van der Waals surface area contributed by atoms with Crippen LogP contribution in [0.1, 0.15) is 236 Å². The quantitative estimate of drug-likeness (QED) is 0.0820. The fourth-order valence-corrected chi connectivity index (χ4v) is 24.8. The Balaban J connectivity index is 0.000000184. The number of carbonyl (C=O) groups excluding carboxylic acids is 8. The van der Waals surface area contributed by atoms with Gasteiger partial charge in [-0.3, -0.25) is 19.2 Å². The Morgan fingerprint density at radius 3 is 1.38 bits per heavy atom. The van der Waals surface area contributed by atoms with Crippen molar-refractivity contribution >= 4 is 47.6 Å². The first-order valence-electron chi connectivity index (χ1n) is 39.6. The van der Waals surface area contributed by atoms with Crippen LogP contribution in [0.25, 0.3) is 0 Å². The molecule has 17 nitrogen and oxygen atoms in total. The van der Waals surface area contributed by atoms with Gasteiger partial charge < -0.3 is 40.1 Å². The highest BCUT2D eigenvalue weighted by Crippen LogP contribution is 2.77. The number of nitrogens with two attached hydrogens (primary N) is 1. The van der Waals surface area contributed by atoms with E-state index in [2.05, 4.69) is 129 Å². The van der Waals surface area contributed by atoms with Crippen molar-refractivity contribution in [1.29, 1.82) is 0 Å². The maximum atomic E-state index is 14.8. The van der Waals surface area contributed by atoms with Crippen LogP contribution in [0.4, 0.5) is 4.79 Å². The number of isocyanates is 1. The van der Waals surface area contributed by atoms with E-state index < -0.39 is 34.9 Å². The molecule has 4 unspecified atom stereocenters. The molecule has 8 saturated carbocycles. The number of ketones is 2. The van der Waals surface area contributed by atoms with E-state index in [1.54, 1.807) is 0 Å². The van der Waals surface area contributed by atoms with Crippen LogP contribution in [0.3, 0.4) is 0 Å². The lowest BCUT2D eigenvalue weighted by atomic mass is 9.33. The lowest BCUT2D eigenvalue weighted by Gasteiger charge is -2.70. The second-order valence-electron chi connectivity index (χ2n) is 38.0. The molecule has 1 aliphatic heterocycles. The van der Waals surface area contributed by atoms with E-state index in [1.165, 1.54) is 64.9 Å². The van der Waals surface area contributed by atoms with Gasteiger partial charge in [0, 0.05) is 50.0 Å². The number of esters is 4. The SMILES string of the molecule is C1CCOC1.COC(=O)[C@@]1(C)CC[C@]2(C)CC[C@]3(C)C(=CC(=O)[C@@H]4[C@@]5(C)CCC(N)C(C)(C)[C@@H]5CC[C@]43C)C2C1.COC(=O)[C@H](Cc1ccccc1)N=C=O.COC(=O)[C@H](Cc1ccccc1)NC(=O)NC1CC[C@]2(C)[C@H]3C(=O)C=C4C5C[C@@](C)(C(=O)OC)CC[C@]5(C)CC[C@@]4(C)[C@]3(C)CC[C@H]2C1(C)C. The Morgan fingerprint density at radius 2 is 0.962 bits per heavy atom. The molecule has 0 spiro atoms. The van der Waals surface area contributed by atoms with E-state index in [4.69, 9.17) is 24.7 Å². The summed E-state index contributed by atoms with van der Waals surface area (Å²) in [6.45, 7) is 34.7. The van der Waals surface area contributed by atoms with Crippen LogP contribution in [0, 0.1) is 100 Å². The van der Waals surface area contributed by atoms with Gasteiger partial charge in [-0.25, -0.2) is 19.2 Å². The molecule has 578 valence electrons. The number of carbonyl (C=O) groups is 7. The number of hydrogen-bond acceptors (Lipinski definition) is 15. The summed E-state index contributed by atoms with van der Waals surface area (Å²) in [6, 6.07) is 17.0. The molecule has 10 aliphatic carbocycles. The summed E-state index contributed by atoms with van der Waals surface area (Å²) in [5.41, 5.74) is 9.50. The summed E-state index contributed by atoms with van der Waals surface area (Å²) >= 11 is 0. The second kappa shape index (κ2) is 30.3. The van der Waals surface area contributed by atoms with Crippen molar-refractivity contribution in [2.75, 3.05) is 41.7 Å². The monoisotopic (exact) mass is 1450 g/mol. The average Bonchev–Trinajstić information content (AvgIpc) is 0.887. The van der Waals surface area contributed by atoms with Gasteiger partial charge in [0.05, 0.1) is 39.3 Å². The Morgan fingerprint density at radius 1 is 0.533 bits per heavy atom. The van der Waals surface area contributed by atoms with Crippen molar-refractivity contribution in [3.63, 3.8) is 0 Å². The van der Waals surface area contributed by atoms with Crippen LogP contribution in [0.2, 0.25) is 0 Å². The number of allylic oxidation sites excluding steroid dienone is 4. The predicted octanol–water partition coefficient (Wildman–Crippen LogP) is 16.0. The van der Waals surface area contributed by atoms with Gasteiger partial charge >= 0.3 is 29.9 Å². The summed E-state index contributed by atoms with van der Waals surface area (Å²) in [6.07, 6.45) is 26.3. The van der Waals surface area contributed by atoms with Crippen LogP contribution in [0.5, 0.6) is 0 Å². The van der Waals surface area contributed by atoms with E-state index in [9.17, 15) is 38.4 Å². The molecule has 0 radical (unpaired) electrons. The van der Waals surface area contributed by atoms with Crippen molar-refractivity contribution < 1.29 is 62.0 Å². The van der Waals surface area contributed by atoms with Crippen LogP contribution >= 0.6 is 0 Å². The lowest BCUT2D eigenvalue weighted by Crippen LogP contribution is -2.68. The van der Waals surface area contributed by atoms with E-state index in [0.717, 1.165) is 133 Å². The highest BCUT2D eigenvalue weighted by Gasteiger charge is 2.73. The minimum atomic E-state index is -0.802. The van der Waals surface area contributed by atoms with E-state index >= 15 is 0 Å². The molecular formula is C88H128N4O13. The number of benzene rings is 2. The molecule has 0 aromatic heterocycles. The number of ether oxygens (including phenoxy) is 5. The summed E-state index contributed by atoms with van der Waals surface area (Å²) < 4.78 is 25.1. The number of rotatable bonds is 11. The van der Waals surface area contributed by atoms with Gasteiger partial charge in [-0.05, 0) is 243 Å². The first-order chi connectivity index (χ1) is 49.2. The molecule has 4 N–H and O–H groups in total. The molecule has 105 heavy (non-hydrogen) atoms. The molecule has 9 fully saturated rings. The third kappa shape index (κ3) is 14.4. The summed E-state index contributed by atoms with van der Waals surface area (Å²) in [5, 5.41) is 6.17. The summed E-state index contributed by atoms with van der Waals surface area (Å²) in [4.78, 5) is 106. The summed E-state index contributed by atoms with van der Waals surface area (Å²) in [5.74, 6) is 0.456. The molecule has 2 amide bonds. The van der Waals surface area contributed by atoms with Crippen molar-refractivity contribution in [3.05, 3.63) is 95.1 Å². The van der Waals surface area contributed by atoms with Crippen LogP contribution in [-0.2, 0) is 70.1 Å². The maximum Gasteiger partial charge on any atom is 0.331 e. The normalized spacial score (nSPS) is 39.8. The first-order valence-corrected chi connectivity index (χ1v) is 39.6. The van der Waals surface area contributed by atoms with Gasteiger partial charge in [-0.15, -0.1) is 0 Å². The predicted molar refractivity (Wildman–Crippen MR) is 406 cm³/mol. The zero-order valence-corrected chi connectivity index (χ0v) is 67.0. The fraction of sp³-hybridized carbons (Fsp3) is 0.727. The Hall–Kier alpha value is -6.29. The third-order valence-electron chi connectivity index (χ3n) is 31.8. The molecule has 20 atom stereocenters. The van der Waals surface area contributed by atoms with E-state index in [1.807, 2.05) is 60.7 Å². The lowest BCUT2D eigenvalue weighted by molar-refractivity contribution is -0.189. The van der Waals surface area contributed by atoms with Gasteiger partial charge in [-0.1, -0.05) is 155 Å². The van der Waals surface area contributed by atoms with Crippen molar-refractivity contribution in [3.8, 4) is 0 Å². The maximum absolute atomic E-state index is 14.8. The molecular weight excluding hydrogens is 1320 g/mol. The largest absolute Gasteiger partial charge is 0.469 e. The first kappa shape index (κ1) is 81.2. The number of hydrogen-bond donors (Lipinski definition) is 3. The Bertz CT molecular complexity index is 3680. The molecule has 2 aromatic rings. The fourth-order valence-electron chi connectivity index (χ4n) is 24.8. The average molecular weight is 1450 g/mol. The van der Waals surface area contributed by atoms with Crippen LogP contribution in [0.15, 0.2) is 89.0 Å². The topological polar surface area (TPSA) is 245 Å². The minimum Gasteiger partial charge on any atom is -0.469 e. The van der Waals surface area contributed by atoms with Gasteiger partial charge in [0.1, 0.15) is 6.04 Å². The van der Waals surface area contributed by atoms with Gasteiger partial charge in [-0.2, -0.15) is 4.99 Å². The van der Waals surface area contributed by atoms with Gasteiger partial charge in [0.25, 0.3) is 0 Å². The molecule has 1 saturated heterocycles. The second-order valence-corrected chi connectivity index (χ2v) is 38.0. The van der Waals surface area contributed by atoms with Crippen molar-refractivity contribution in [2.45, 2.75) is 262 Å². The highest BCUT2D eigenvalue weighted by molar-refractivity contribution is 5.97. The number of amides is 2. The molecule has 17 heteroatoms. The third-order valence-corrected chi connectivity index (χ3v) is 31.8. The number of nitrogens with one attached hydrogen (secondary N) is 2. The highest BCUT2D eigenvalue weighted by atomic mass is 16.5. The Kier molecular flexibility index (Phi) is 23.4. The number of aliphatic imine (C=N–C) groups is 1. The standard InChI is InChI=1S/C42H60N2O6.C31H49NO3.C11H11NO3.C4H8O/c1-37(2)31-15-18-42(7)33(30(45)24-27-28-25-39(4,35(47)50-9)20-19-38(28,3)21-22-41(27,42)6)40(31,5)17-16-32(37)44-36(48)43-29(34(46)49-8)23-26-13-11-10-12-14-26;1-26(2)22-9-12-31(7)24(29(22,5)11-10-23(26)32)21(33)17-19-20-18-28(4,25(34)35-8)14-13-27(20,3)15-16-30(19,31)6;1-15-11(14)10(12-8-13)7-9-5-3-2-4-6-9;1-2-4-5-3-1/h10-14,24,28-29,31-33H,15-23,25H2,1-9H3,(H2,43,44,48);17,20,22-24H,9-16,18,32H2,1-8H3;2-6,10H,7H2,1H3;1-4H2/t28?,29-,31-,32?,33+,38+,39-,40-,41+,42+;20?,22-,23?,24+,27+,28-,29-,30+,31+;10-;/m000./s1. The molecule has 1 heterocycles. The number of methoxy groups -OCH3 is 4.